The summed E-state index contributed by atoms with van der Waals surface area (Å²) in [7, 11) is 0. The van der Waals surface area contributed by atoms with Gasteiger partial charge in [0.1, 0.15) is 0 Å². The summed E-state index contributed by atoms with van der Waals surface area (Å²) in [6.07, 6.45) is 0.889. The Labute approximate surface area is 54.4 Å². The van der Waals surface area contributed by atoms with Crippen molar-refractivity contribution in [3.05, 3.63) is 0 Å². The minimum absolute atomic E-state index is 0.160. The van der Waals surface area contributed by atoms with Crippen molar-refractivity contribution in [2.24, 2.45) is 17.2 Å². The summed E-state index contributed by atoms with van der Waals surface area (Å²) < 4.78 is 0. The van der Waals surface area contributed by atoms with E-state index in [1.54, 1.807) is 0 Å². The molecule has 0 rings (SSSR count). The first kappa shape index (κ1) is 8.39. The maximum absolute atomic E-state index is 10.2. The lowest BCUT2D eigenvalue weighted by atomic mass is 10.1. The van der Waals surface area contributed by atoms with Gasteiger partial charge in [-0.25, -0.2) is 0 Å². The van der Waals surface area contributed by atoms with Crippen LogP contribution in [0.3, 0.4) is 0 Å². The Hall–Kier alpha value is -0.610. The lowest BCUT2D eigenvalue weighted by Crippen LogP contribution is -2.29. The molecule has 9 heavy (non-hydrogen) atoms. The van der Waals surface area contributed by atoms with Crippen LogP contribution >= 0.6 is 0 Å². The molecule has 1 atom stereocenters. The van der Waals surface area contributed by atoms with Crippen LogP contribution in [0, 0.1) is 0 Å². The molecular formula is C5H13N3O. The Kier molecular flexibility index (Phi) is 4.00. The van der Waals surface area contributed by atoms with Crippen molar-refractivity contribution in [1.82, 2.24) is 0 Å². The van der Waals surface area contributed by atoms with Crippen LogP contribution in [-0.4, -0.2) is 18.5 Å². The molecule has 0 fully saturated rings. The van der Waals surface area contributed by atoms with Gasteiger partial charge in [-0.3, -0.25) is 4.79 Å². The Morgan fingerprint density at radius 2 is 2.11 bits per heavy atom. The van der Waals surface area contributed by atoms with Crippen molar-refractivity contribution in [1.29, 1.82) is 0 Å². The lowest BCUT2D eigenvalue weighted by Gasteiger charge is -2.05. The average Bonchev–Trinajstić information content (AvgIpc) is 1.63. The fourth-order valence-electron chi connectivity index (χ4n) is 0.575. The van der Waals surface area contributed by atoms with E-state index in [0.29, 0.717) is 13.0 Å². The molecule has 54 valence electrons. The zero-order valence-corrected chi connectivity index (χ0v) is 5.34. The quantitative estimate of drug-likeness (QED) is 0.435. The number of amides is 1. The monoisotopic (exact) mass is 131 g/mol. The molecule has 0 heterocycles. The first-order chi connectivity index (χ1) is 4.16. The molecule has 0 aliphatic carbocycles. The Morgan fingerprint density at radius 1 is 1.56 bits per heavy atom. The standard InChI is InChI=1S/C5H13N3O/c6-2-1-4(7)3-5(8)9/h4H,1-3,6-7H2,(H2,8,9). The summed E-state index contributed by atoms with van der Waals surface area (Å²) in [6.45, 7) is 0.508. The van der Waals surface area contributed by atoms with Crippen LogP contribution in [-0.2, 0) is 4.79 Å². The highest BCUT2D eigenvalue weighted by Crippen LogP contribution is 1.89. The summed E-state index contributed by atoms with van der Waals surface area (Å²) in [4.78, 5) is 10.2. The highest BCUT2D eigenvalue weighted by atomic mass is 16.1. The second kappa shape index (κ2) is 4.29. The largest absolute Gasteiger partial charge is 0.370 e. The molecule has 0 aliphatic heterocycles. The predicted octanol–water partition coefficient (Wildman–Crippen LogP) is -1.46. The molecule has 6 N–H and O–H groups in total. The molecule has 0 bridgehead atoms. The molecule has 0 saturated heterocycles. The van der Waals surface area contributed by atoms with Gasteiger partial charge >= 0.3 is 0 Å². The second-order valence-corrected chi connectivity index (χ2v) is 2.01. The molecule has 1 amide bonds. The summed E-state index contributed by atoms with van der Waals surface area (Å²) >= 11 is 0. The molecule has 4 heteroatoms. The van der Waals surface area contributed by atoms with Crippen molar-refractivity contribution in [3.8, 4) is 0 Å². The minimum atomic E-state index is -0.365. The Balaban J connectivity index is 3.26. The number of hydrogen-bond acceptors (Lipinski definition) is 3. The Morgan fingerprint density at radius 3 is 2.44 bits per heavy atom. The molecule has 0 radical (unpaired) electrons. The smallest absolute Gasteiger partial charge is 0.218 e. The van der Waals surface area contributed by atoms with Crippen molar-refractivity contribution in [2.75, 3.05) is 6.54 Å². The van der Waals surface area contributed by atoms with Crippen LogP contribution < -0.4 is 17.2 Å². The van der Waals surface area contributed by atoms with Crippen LogP contribution in [0.15, 0.2) is 0 Å². The third-order valence-corrected chi connectivity index (χ3v) is 1.00. The van der Waals surface area contributed by atoms with Crippen molar-refractivity contribution >= 4 is 5.91 Å². The molecule has 1 unspecified atom stereocenters. The van der Waals surface area contributed by atoms with Gasteiger partial charge in [0.05, 0.1) is 0 Å². The zero-order valence-electron chi connectivity index (χ0n) is 5.34. The third kappa shape index (κ3) is 5.26. The van der Waals surface area contributed by atoms with Crippen molar-refractivity contribution in [3.63, 3.8) is 0 Å². The molecule has 0 aromatic carbocycles. The van der Waals surface area contributed by atoms with E-state index in [0.717, 1.165) is 0 Å². The highest BCUT2D eigenvalue weighted by molar-refractivity contribution is 5.74. The fraction of sp³-hybridized carbons (Fsp3) is 0.800. The molecule has 4 nitrogen and oxygen atoms in total. The van der Waals surface area contributed by atoms with Gasteiger partial charge < -0.3 is 17.2 Å². The topological polar surface area (TPSA) is 95.1 Å². The molecule has 0 spiro atoms. The van der Waals surface area contributed by atoms with E-state index >= 15 is 0 Å². The molecular weight excluding hydrogens is 118 g/mol. The van der Waals surface area contributed by atoms with Crippen molar-refractivity contribution < 1.29 is 4.79 Å². The SMILES string of the molecule is NCCC(N)CC(N)=O. The van der Waals surface area contributed by atoms with E-state index in [1.165, 1.54) is 0 Å². The van der Waals surface area contributed by atoms with Gasteiger partial charge in [0.15, 0.2) is 0 Å². The van der Waals surface area contributed by atoms with Gasteiger partial charge in [-0.2, -0.15) is 0 Å². The van der Waals surface area contributed by atoms with E-state index in [4.69, 9.17) is 17.2 Å². The summed E-state index contributed by atoms with van der Waals surface area (Å²) in [5.41, 5.74) is 15.4. The van der Waals surface area contributed by atoms with E-state index in [2.05, 4.69) is 0 Å². The van der Waals surface area contributed by atoms with E-state index in [1.807, 2.05) is 0 Å². The normalized spacial score (nSPS) is 13.1. The first-order valence-corrected chi connectivity index (χ1v) is 2.90. The zero-order chi connectivity index (χ0) is 7.28. The van der Waals surface area contributed by atoms with E-state index in [9.17, 15) is 4.79 Å². The van der Waals surface area contributed by atoms with Gasteiger partial charge in [-0.1, -0.05) is 0 Å². The van der Waals surface area contributed by atoms with E-state index in [-0.39, 0.29) is 18.4 Å². The lowest BCUT2D eigenvalue weighted by molar-refractivity contribution is -0.118. The van der Waals surface area contributed by atoms with Gasteiger partial charge in [-0.05, 0) is 13.0 Å². The van der Waals surface area contributed by atoms with Crippen LogP contribution in [0.5, 0.6) is 0 Å². The number of carbonyl (C=O) groups excluding carboxylic acids is 1. The predicted molar refractivity (Wildman–Crippen MR) is 35.5 cm³/mol. The Bertz CT molecular complexity index is 94.2. The molecule has 0 aliphatic rings. The number of carbonyl (C=O) groups is 1. The molecule has 0 aromatic heterocycles. The van der Waals surface area contributed by atoms with Gasteiger partial charge in [0, 0.05) is 12.5 Å². The highest BCUT2D eigenvalue weighted by Gasteiger charge is 2.03. The molecule has 0 aromatic rings. The summed E-state index contributed by atoms with van der Waals surface area (Å²) in [6, 6.07) is -0.160. The van der Waals surface area contributed by atoms with Crippen LogP contribution in [0.2, 0.25) is 0 Å². The number of nitrogens with two attached hydrogens (primary N) is 3. The van der Waals surface area contributed by atoms with E-state index < -0.39 is 0 Å². The first-order valence-electron chi connectivity index (χ1n) is 2.90. The van der Waals surface area contributed by atoms with Crippen LogP contribution in [0.4, 0.5) is 0 Å². The second-order valence-electron chi connectivity index (χ2n) is 2.01. The minimum Gasteiger partial charge on any atom is -0.370 e. The summed E-state index contributed by atoms with van der Waals surface area (Å²) in [5, 5.41) is 0. The van der Waals surface area contributed by atoms with Gasteiger partial charge in [0.2, 0.25) is 5.91 Å². The average molecular weight is 131 g/mol. The maximum Gasteiger partial charge on any atom is 0.218 e. The van der Waals surface area contributed by atoms with Gasteiger partial charge in [-0.15, -0.1) is 0 Å². The third-order valence-electron chi connectivity index (χ3n) is 1.00. The molecule has 0 saturated carbocycles. The maximum atomic E-state index is 10.2. The van der Waals surface area contributed by atoms with Gasteiger partial charge in [0.25, 0.3) is 0 Å². The number of hydrogen-bond donors (Lipinski definition) is 3. The fourth-order valence-corrected chi connectivity index (χ4v) is 0.575. The van der Waals surface area contributed by atoms with Crippen LogP contribution in [0.1, 0.15) is 12.8 Å². The summed E-state index contributed by atoms with van der Waals surface area (Å²) in [5.74, 6) is -0.365. The number of rotatable bonds is 4. The van der Waals surface area contributed by atoms with Crippen molar-refractivity contribution in [2.45, 2.75) is 18.9 Å². The number of primary amides is 1. The van der Waals surface area contributed by atoms with Crippen LogP contribution in [0.25, 0.3) is 0 Å².